The molecule has 0 unspecified atom stereocenters. The van der Waals surface area contributed by atoms with E-state index in [0.717, 1.165) is 22.2 Å². The Bertz CT molecular complexity index is 1240. The van der Waals surface area contributed by atoms with Crippen LogP contribution in [0.3, 0.4) is 0 Å². The van der Waals surface area contributed by atoms with Crippen molar-refractivity contribution in [2.75, 3.05) is 7.11 Å². The van der Waals surface area contributed by atoms with Gasteiger partial charge in [-0.15, -0.1) is 0 Å². The van der Waals surface area contributed by atoms with E-state index in [1.54, 1.807) is 44.0 Å². The number of aromatic nitrogens is 3. The van der Waals surface area contributed by atoms with E-state index in [2.05, 4.69) is 11.1 Å². The molecule has 0 saturated heterocycles. The van der Waals surface area contributed by atoms with Gasteiger partial charge in [0.2, 0.25) is 0 Å². The van der Waals surface area contributed by atoms with E-state index in [4.69, 9.17) is 32.9 Å². The predicted molar refractivity (Wildman–Crippen MR) is 110 cm³/mol. The van der Waals surface area contributed by atoms with Gasteiger partial charge in [-0.25, -0.2) is 9.97 Å². The van der Waals surface area contributed by atoms with E-state index in [9.17, 15) is 5.26 Å². The normalized spacial score (nSPS) is 10.8. The summed E-state index contributed by atoms with van der Waals surface area (Å²) in [5.41, 5.74) is 3.82. The fourth-order valence-corrected chi connectivity index (χ4v) is 3.83. The second kappa shape index (κ2) is 7.16. The molecule has 138 valence electrons. The van der Waals surface area contributed by atoms with Crippen molar-refractivity contribution in [2.45, 2.75) is 6.92 Å². The molecular formula is C21H14Cl2N4O. The number of ether oxygens (including phenoxy) is 1. The maximum Gasteiger partial charge on any atom is 0.122 e. The molecule has 0 aliphatic carbocycles. The minimum absolute atomic E-state index is 0.395. The summed E-state index contributed by atoms with van der Waals surface area (Å²) in [6.45, 7) is 1.94. The van der Waals surface area contributed by atoms with Crippen molar-refractivity contribution < 1.29 is 4.74 Å². The quantitative estimate of drug-likeness (QED) is 0.443. The molecule has 2 heterocycles. The largest absolute Gasteiger partial charge is 0.496 e. The van der Waals surface area contributed by atoms with Crippen LogP contribution >= 0.6 is 23.2 Å². The first-order valence-corrected chi connectivity index (χ1v) is 9.16. The van der Waals surface area contributed by atoms with Crippen LogP contribution in [0.4, 0.5) is 0 Å². The van der Waals surface area contributed by atoms with E-state index < -0.39 is 0 Å². The first-order chi connectivity index (χ1) is 13.5. The number of nitrogens with zero attached hydrogens (tertiary/aromatic N) is 4. The standard InChI is InChI=1S/C21H14Cl2N4O/c1-12-18(28-2)6-5-17-19(12)21(27-8-7-25-11-27)15(10-24)20(26-17)14-4-3-13(22)9-16(14)23/h3-9,11H,1-2H3. The number of rotatable bonds is 3. The van der Waals surface area contributed by atoms with Crippen LogP contribution in [-0.4, -0.2) is 21.6 Å². The molecule has 2 aromatic carbocycles. The summed E-state index contributed by atoms with van der Waals surface area (Å²) in [6.07, 6.45) is 5.11. The van der Waals surface area contributed by atoms with Gasteiger partial charge in [-0.3, -0.25) is 0 Å². The van der Waals surface area contributed by atoms with E-state index >= 15 is 0 Å². The smallest absolute Gasteiger partial charge is 0.122 e. The highest BCUT2D eigenvalue weighted by atomic mass is 35.5. The molecule has 2 aromatic heterocycles. The summed E-state index contributed by atoms with van der Waals surface area (Å²) in [5.74, 6) is 0.719. The minimum Gasteiger partial charge on any atom is -0.496 e. The summed E-state index contributed by atoms with van der Waals surface area (Å²) < 4.78 is 7.28. The second-order valence-electron chi connectivity index (χ2n) is 6.18. The number of methoxy groups -OCH3 is 1. The summed E-state index contributed by atoms with van der Waals surface area (Å²) in [6, 6.07) is 11.2. The fraction of sp³-hybridized carbons (Fsp3) is 0.0952. The van der Waals surface area contributed by atoms with Crippen molar-refractivity contribution in [1.82, 2.24) is 14.5 Å². The van der Waals surface area contributed by atoms with Gasteiger partial charge >= 0.3 is 0 Å². The second-order valence-corrected chi connectivity index (χ2v) is 7.02. The molecular weight excluding hydrogens is 395 g/mol. The molecule has 4 rings (SSSR count). The van der Waals surface area contributed by atoms with Gasteiger partial charge in [-0.2, -0.15) is 5.26 Å². The van der Waals surface area contributed by atoms with Crippen LogP contribution in [0.5, 0.6) is 5.75 Å². The molecule has 0 aliphatic heterocycles. The number of halogens is 2. The van der Waals surface area contributed by atoms with Crippen molar-refractivity contribution in [1.29, 1.82) is 5.26 Å². The summed E-state index contributed by atoms with van der Waals surface area (Å²) in [7, 11) is 1.62. The molecule has 0 saturated carbocycles. The van der Waals surface area contributed by atoms with E-state index in [-0.39, 0.29) is 0 Å². The molecule has 0 atom stereocenters. The van der Waals surface area contributed by atoms with Gasteiger partial charge in [-0.05, 0) is 37.3 Å². The Morgan fingerprint density at radius 3 is 2.64 bits per heavy atom. The molecule has 0 spiro atoms. The predicted octanol–water partition coefficient (Wildman–Crippen LogP) is 5.58. The van der Waals surface area contributed by atoms with E-state index in [1.807, 2.05) is 23.6 Å². The molecule has 28 heavy (non-hydrogen) atoms. The molecule has 0 N–H and O–H groups in total. The third kappa shape index (κ3) is 2.88. The third-order valence-corrected chi connectivity index (χ3v) is 5.16. The number of imidazole rings is 1. The molecule has 7 heteroatoms. The Kier molecular flexibility index (Phi) is 4.68. The lowest BCUT2D eigenvalue weighted by Crippen LogP contribution is -2.04. The topological polar surface area (TPSA) is 63.7 Å². The summed E-state index contributed by atoms with van der Waals surface area (Å²) >= 11 is 12.5. The monoisotopic (exact) mass is 408 g/mol. The minimum atomic E-state index is 0.395. The SMILES string of the molecule is COc1ccc2nc(-c3ccc(Cl)cc3Cl)c(C#N)c(-n3ccnc3)c2c1C. The first kappa shape index (κ1) is 18.3. The molecule has 0 amide bonds. The Balaban J connectivity index is 2.19. The van der Waals surface area contributed by atoms with Gasteiger partial charge in [0.1, 0.15) is 17.4 Å². The van der Waals surface area contributed by atoms with Crippen molar-refractivity contribution >= 4 is 34.1 Å². The van der Waals surface area contributed by atoms with E-state index in [1.165, 1.54) is 0 Å². The van der Waals surface area contributed by atoms with Crippen LogP contribution in [0.15, 0.2) is 49.1 Å². The zero-order valence-electron chi connectivity index (χ0n) is 15.1. The summed E-state index contributed by atoms with van der Waals surface area (Å²) in [4.78, 5) is 8.92. The zero-order chi connectivity index (χ0) is 19.8. The Hall–Kier alpha value is -3.07. The number of nitriles is 1. The lowest BCUT2D eigenvalue weighted by molar-refractivity contribution is 0.412. The first-order valence-electron chi connectivity index (χ1n) is 8.40. The van der Waals surface area contributed by atoms with Crippen LogP contribution in [0.25, 0.3) is 27.8 Å². The van der Waals surface area contributed by atoms with Crippen molar-refractivity contribution in [3.05, 3.63) is 70.2 Å². The molecule has 0 radical (unpaired) electrons. The Labute approximate surface area is 171 Å². The van der Waals surface area contributed by atoms with Crippen LogP contribution < -0.4 is 4.74 Å². The molecule has 0 fully saturated rings. The maximum atomic E-state index is 10.1. The molecule has 0 aliphatic rings. The lowest BCUT2D eigenvalue weighted by Gasteiger charge is -2.17. The lowest BCUT2D eigenvalue weighted by atomic mass is 9.98. The van der Waals surface area contributed by atoms with Gasteiger partial charge in [-0.1, -0.05) is 23.2 Å². The highest BCUT2D eigenvalue weighted by Crippen LogP contribution is 2.39. The molecule has 4 aromatic rings. The number of aryl methyl sites for hydroxylation is 1. The van der Waals surface area contributed by atoms with Crippen molar-refractivity contribution in [3.63, 3.8) is 0 Å². The van der Waals surface area contributed by atoms with E-state index in [0.29, 0.717) is 32.6 Å². The Morgan fingerprint density at radius 2 is 2.00 bits per heavy atom. The molecule has 0 bridgehead atoms. The van der Waals surface area contributed by atoms with Crippen LogP contribution in [-0.2, 0) is 0 Å². The average molecular weight is 409 g/mol. The maximum absolute atomic E-state index is 10.1. The molecule has 5 nitrogen and oxygen atoms in total. The van der Waals surface area contributed by atoms with Crippen molar-refractivity contribution in [2.24, 2.45) is 0 Å². The van der Waals surface area contributed by atoms with Crippen LogP contribution in [0.2, 0.25) is 10.0 Å². The number of benzene rings is 2. The summed E-state index contributed by atoms with van der Waals surface area (Å²) in [5, 5.41) is 11.8. The fourth-order valence-electron chi connectivity index (χ4n) is 3.34. The van der Waals surface area contributed by atoms with Gasteiger partial charge in [0.05, 0.1) is 35.4 Å². The highest BCUT2D eigenvalue weighted by molar-refractivity contribution is 6.36. The number of pyridine rings is 1. The number of hydrogen-bond acceptors (Lipinski definition) is 4. The number of fused-ring (bicyclic) bond motifs is 1. The average Bonchev–Trinajstić information content (AvgIpc) is 3.21. The number of hydrogen-bond donors (Lipinski definition) is 0. The highest BCUT2D eigenvalue weighted by Gasteiger charge is 2.22. The van der Waals surface area contributed by atoms with Crippen molar-refractivity contribution in [3.8, 4) is 28.8 Å². The van der Waals surface area contributed by atoms with Gasteiger partial charge < -0.3 is 9.30 Å². The zero-order valence-corrected chi connectivity index (χ0v) is 16.6. The third-order valence-electron chi connectivity index (χ3n) is 4.62. The van der Waals surface area contributed by atoms with Crippen LogP contribution in [0.1, 0.15) is 11.1 Å². The van der Waals surface area contributed by atoms with Gasteiger partial charge in [0.15, 0.2) is 0 Å². The van der Waals surface area contributed by atoms with Gasteiger partial charge in [0, 0.05) is 33.9 Å². The van der Waals surface area contributed by atoms with Crippen LogP contribution in [0, 0.1) is 18.3 Å². The Morgan fingerprint density at radius 1 is 1.18 bits per heavy atom. The van der Waals surface area contributed by atoms with Gasteiger partial charge in [0.25, 0.3) is 0 Å².